The molecule has 0 radical (unpaired) electrons. The number of aromatic amines is 1. The number of aromatic nitrogens is 1. The molecule has 148 valence electrons. The van der Waals surface area contributed by atoms with E-state index in [0.717, 1.165) is 22.2 Å². The van der Waals surface area contributed by atoms with Gasteiger partial charge in [0, 0.05) is 61.4 Å². The summed E-state index contributed by atoms with van der Waals surface area (Å²) in [6, 6.07) is 5.69. The van der Waals surface area contributed by atoms with Crippen LogP contribution < -0.4 is 0 Å². The number of nitrogens with zero attached hydrogens (tertiary/aromatic N) is 3. The molecule has 1 aliphatic rings. The third kappa shape index (κ3) is 3.61. The van der Waals surface area contributed by atoms with E-state index < -0.39 is 10.2 Å². The normalized spacial score (nSPS) is 16.4. The predicted molar refractivity (Wildman–Crippen MR) is 107 cm³/mol. The van der Waals surface area contributed by atoms with E-state index in [2.05, 4.69) is 4.98 Å². The van der Waals surface area contributed by atoms with Crippen LogP contribution in [-0.4, -0.2) is 72.1 Å². The molecule has 7 nitrogen and oxygen atoms in total. The van der Waals surface area contributed by atoms with E-state index >= 15 is 0 Å². The number of rotatable bonds is 5. The van der Waals surface area contributed by atoms with E-state index in [1.165, 1.54) is 8.61 Å². The average molecular weight is 393 g/mol. The molecule has 1 amide bonds. The van der Waals surface area contributed by atoms with Crippen molar-refractivity contribution >= 4 is 27.0 Å². The van der Waals surface area contributed by atoms with Crippen LogP contribution in [0.1, 0.15) is 35.5 Å². The highest BCUT2D eigenvalue weighted by Crippen LogP contribution is 2.23. The quantitative estimate of drug-likeness (QED) is 0.847. The molecule has 2 heterocycles. The Bertz CT molecular complexity index is 939. The molecule has 1 saturated heterocycles. The first-order chi connectivity index (χ1) is 12.8. The molecule has 0 spiro atoms. The van der Waals surface area contributed by atoms with E-state index in [4.69, 9.17) is 0 Å². The van der Waals surface area contributed by atoms with E-state index in [1.807, 2.05) is 45.9 Å². The van der Waals surface area contributed by atoms with Gasteiger partial charge >= 0.3 is 0 Å². The average Bonchev–Trinajstić information content (AvgIpc) is 2.95. The zero-order valence-electron chi connectivity index (χ0n) is 16.4. The molecule has 1 aromatic heterocycles. The molecule has 1 fully saturated rings. The Labute approximate surface area is 161 Å². The Hall–Kier alpha value is -1.90. The third-order valence-electron chi connectivity index (χ3n) is 5.44. The second-order valence-electron chi connectivity index (χ2n) is 6.92. The SMILES string of the molecule is CCN(CC)S(=O)(=O)N1CCN(C(=O)c2ccc3[nH]c(C)c(C)c3c2)CC1. The minimum atomic E-state index is -3.45. The number of hydrogen-bond donors (Lipinski definition) is 1. The van der Waals surface area contributed by atoms with Crippen LogP contribution in [0.5, 0.6) is 0 Å². The number of hydrogen-bond acceptors (Lipinski definition) is 3. The highest BCUT2D eigenvalue weighted by molar-refractivity contribution is 7.86. The van der Waals surface area contributed by atoms with Crippen molar-refractivity contribution in [3.63, 3.8) is 0 Å². The maximum atomic E-state index is 12.9. The summed E-state index contributed by atoms with van der Waals surface area (Å²) in [7, 11) is -3.45. The molecule has 0 atom stereocenters. The highest BCUT2D eigenvalue weighted by atomic mass is 32.2. The van der Waals surface area contributed by atoms with Crippen LogP contribution in [0.3, 0.4) is 0 Å². The molecule has 2 aromatic rings. The summed E-state index contributed by atoms with van der Waals surface area (Å²) in [6.07, 6.45) is 0. The lowest BCUT2D eigenvalue weighted by Gasteiger charge is -2.36. The summed E-state index contributed by atoms with van der Waals surface area (Å²) in [4.78, 5) is 18.0. The van der Waals surface area contributed by atoms with Crippen LogP contribution in [0.4, 0.5) is 0 Å². The number of amides is 1. The van der Waals surface area contributed by atoms with Crippen molar-refractivity contribution in [3.05, 3.63) is 35.0 Å². The van der Waals surface area contributed by atoms with Gasteiger partial charge in [0.05, 0.1) is 0 Å². The second kappa shape index (κ2) is 7.61. The third-order valence-corrected chi connectivity index (χ3v) is 7.63. The van der Waals surface area contributed by atoms with Gasteiger partial charge in [0.1, 0.15) is 0 Å². The molecule has 0 bridgehead atoms. The molecule has 0 unspecified atom stereocenters. The van der Waals surface area contributed by atoms with Crippen molar-refractivity contribution in [2.45, 2.75) is 27.7 Å². The number of carbonyl (C=O) groups excluding carboxylic acids is 1. The number of piperazine rings is 1. The molecule has 27 heavy (non-hydrogen) atoms. The molecule has 3 rings (SSSR count). The van der Waals surface area contributed by atoms with Gasteiger partial charge in [0.15, 0.2) is 0 Å². The number of aryl methyl sites for hydroxylation is 2. The first-order valence-electron chi connectivity index (χ1n) is 9.43. The summed E-state index contributed by atoms with van der Waals surface area (Å²) < 4.78 is 28.2. The Kier molecular flexibility index (Phi) is 5.60. The Morgan fingerprint density at radius 1 is 1.11 bits per heavy atom. The molecular weight excluding hydrogens is 364 g/mol. The standard InChI is InChI=1S/C19H28N4O3S/c1-5-22(6-2)27(25,26)23-11-9-21(10-12-23)19(24)16-7-8-18-17(13-16)14(3)15(4)20-18/h7-8,13,20H,5-6,9-12H2,1-4H3. The summed E-state index contributed by atoms with van der Waals surface area (Å²) in [6.45, 7) is 10.1. The lowest BCUT2D eigenvalue weighted by atomic mass is 10.1. The fourth-order valence-corrected chi connectivity index (χ4v) is 5.22. The van der Waals surface area contributed by atoms with Crippen molar-refractivity contribution < 1.29 is 13.2 Å². The smallest absolute Gasteiger partial charge is 0.282 e. The van der Waals surface area contributed by atoms with Crippen LogP contribution in [0.15, 0.2) is 18.2 Å². The molecule has 1 N–H and O–H groups in total. The number of H-pyrrole nitrogens is 1. The first-order valence-corrected chi connectivity index (χ1v) is 10.8. The van der Waals surface area contributed by atoms with Crippen molar-refractivity contribution in [2.75, 3.05) is 39.3 Å². The first kappa shape index (κ1) is 19.9. The van der Waals surface area contributed by atoms with Crippen LogP contribution in [0.2, 0.25) is 0 Å². The van der Waals surface area contributed by atoms with Crippen molar-refractivity contribution in [1.82, 2.24) is 18.5 Å². The lowest BCUT2D eigenvalue weighted by molar-refractivity contribution is 0.0694. The molecular formula is C19H28N4O3S. The van der Waals surface area contributed by atoms with Gasteiger partial charge in [0.25, 0.3) is 16.1 Å². The van der Waals surface area contributed by atoms with Crippen molar-refractivity contribution in [3.8, 4) is 0 Å². The van der Waals surface area contributed by atoms with Crippen LogP contribution >= 0.6 is 0 Å². The minimum Gasteiger partial charge on any atom is -0.358 e. The van der Waals surface area contributed by atoms with Gasteiger partial charge in [-0.2, -0.15) is 17.0 Å². The molecule has 8 heteroatoms. The fraction of sp³-hybridized carbons (Fsp3) is 0.526. The largest absolute Gasteiger partial charge is 0.358 e. The maximum Gasteiger partial charge on any atom is 0.282 e. The number of nitrogens with one attached hydrogen (secondary N) is 1. The van der Waals surface area contributed by atoms with Crippen LogP contribution in [-0.2, 0) is 10.2 Å². The Balaban J connectivity index is 1.73. The number of benzene rings is 1. The monoisotopic (exact) mass is 392 g/mol. The number of carbonyl (C=O) groups is 1. The van der Waals surface area contributed by atoms with E-state index in [9.17, 15) is 13.2 Å². The van der Waals surface area contributed by atoms with Crippen LogP contribution in [0.25, 0.3) is 10.9 Å². The van der Waals surface area contributed by atoms with Gasteiger partial charge in [0.2, 0.25) is 0 Å². The van der Waals surface area contributed by atoms with Gasteiger partial charge in [-0.15, -0.1) is 0 Å². The summed E-state index contributed by atoms with van der Waals surface area (Å²) >= 11 is 0. The molecule has 0 saturated carbocycles. The predicted octanol–water partition coefficient (Wildman–Crippen LogP) is 2.13. The Morgan fingerprint density at radius 3 is 2.33 bits per heavy atom. The fourth-order valence-electron chi connectivity index (χ4n) is 3.61. The number of fused-ring (bicyclic) bond motifs is 1. The van der Waals surface area contributed by atoms with E-state index in [0.29, 0.717) is 44.8 Å². The van der Waals surface area contributed by atoms with Crippen LogP contribution in [0, 0.1) is 13.8 Å². The highest BCUT2D eigenvalue weighted by Gasteiger charge is 2.32. The topological polar surface area (TPSA) is 76.7 Å². The van der Waals surface area contributed by atoms with Crippen molar-refractivity contribution in [1.29, 1.82) is 0 Å². The van der Waals surface area contributed by atoms with E-state index in [-0.39, 0.29) is 5.91 Å². The van der Waals surface area contributed by atoms with Gasteiger partial charge in [-0.3, -0.25) is 4.79 Å². The zero-order chi connectivity index (χ0) is 19.8. The molecule has 0 aliphatic carbocycles. The zero-order valence-corrected chi connectivity index (χ0v) is 17.3. The second-order valence-corrected chi connectivity index (χ2v) is 8.85. The summed E-state index contributed by atoms with van der Waals surface area (Å²) in [5.74, 6) is -0.0463. The minimum absolute atomic E-state index is 0.0463. The van der Waals surface area contributed by atoms with Gasteiger partial charge in [-0.1, -0.05) is 13.8 Å². The maximum absolute atomic E-state index is 12.9. The van der Waals surface area contributed by atoms with Gasteiger partial charge in [-0.05, 0) is 37.6 Å². The Morgan fingerprint density at radius 2 is 1.74 bits per heavy atom. The lowest BCUT2D eigenvalue weighted by Crippen LogP contribution is -2.54. The summed E-state index contributed by atoms with van der Waals surface area (Å²) in [5.41, 5.74) is 3.92. The van der Waals surface area contributed by atoms with Crippen molar-refractivity contribution in [2.24, 2.45) is 0 Å². The molecule has 1 aromatic carbocycles. The summed E-state index contributed by atoms with van der Waals surface area (Å²) in [5, 5.41) is 1.06. The van der Waals surface area contributed by atoms with Gasteiger partial charge in [-0.25, -0.2) is 0 Å². The van der Waals surface area contributed by atoms with E-state index in [1.54, 1.807) is 4.90 Å². The van der Waals surface area contributed by atoms with Gasteiger partial charge < -0.3 is 9.88 Å². The molecule has 1 aliphatic heterocycles.